The number of alkyl halides is 2. The van der Waals surface area contributed by atoms with E-state index < -0.39 is 12.3 Å². The van der Waals surface area contributed by atoms with E-state index in [0.717, 1.165) is 44.9 Å². The minimum Gasteiger partial charge on any atom is -0.247 e. The maximum atomic E-state index is 13.6. The van der Waals surface area contributed by atoms with E-state index in [9.17, 15) is 8.78 Å². The van der Waals surface area contributed by atoms with Gasteiger partial charge >= 0.3 is 0 Å². The third kappa shape index (κ3) is 3.18. The van der Waals surface area contributed by atoms with Crippen molar-refractivity contribution in [1.29, 1.82) is 0 Å². The molecule has 1 unspecified atom stereocenters. The van der Waals surface area contributed by atoms with Crippen molar-refractivity contribution in [2.75, 3.05) is 0 Å². The fourth-order valence-corrected chi connectivity index (χ4v) is 3.39. The van der Waals surface area contributed by atoms with Gasteiger partial charge in [-0.25, -0.2) is 8.78 Å². The molecular formula is C14H24F2. The van der Waals surface area contributed by atoms with Gasteiger partial charge in [0.15, 0.2) is 0 Å². The minimum atomic E-state index is -0.587. The number of rotatable bonds is 2. The lowest BCUT2D eigenvalue weighted by Crippen LogP contribution is -2.26. The molecule has 94 valence electrons. The quantitative estimate of drug-likeness (QED) is 0.646. The van der Waals surface area contributed by atoms with Gasteiger partial charge in [-0.1, -0.05) is 6.92 Å². The SMILES string of the molecule is C[C@H]1CCC(C[C@H]2CC[C@H](F)CC2)C[C@@H]1F. The molecule has 2 rings (SSSR count). The van der Waals surface area contributed by atoms with Gasteiger partial charge in [0.25, 0.3) is 0 Å². The Morgan fingerprint density at radius 2 is 1.50 bits per heavy atom. The summed E-state index contributed by atoms with van der Waals surface area (Å²) < 4.78 is 26.6. The summed E-state index contributed by atoms with van der Waals surface area (Å²) in [6.07, 6.45) is 6.55. The summed E-state index contributed by atoms with van der Waals surface area (Å²) in [6, 6.07) is 0. The Kier molecular flexibility index (Phi) is 4.21. The molecule has 0 saturated heterocycles. The van der Waals surface area contributed by atoms with Gasteiger partial charge in [0.2, 0.25) is 0 Å². The van der Waals surface area contributed by atoms with Crippen LogP contribution in [0.15, 0.2) is 0 Å². The monoisotopic (exact) mass is 230 g/mol. The lowest BCUT2D eigenvalue weighted by atomic mass is 9.74. The molecule has 0 aromatic rings. The zero-order chi connectivity index (χ0) is 11.5. The fraction of sp³-hybridized carbons (Fsp3) is 1.00. The van der Waals surface area contributed by atoms with Crippen molar-refractivity contribution in [3.05, 3.63) is 0 Å². The molecule has 16 heavy (non-hydrogen) atoms. The van der Waals surface area contributed by atoms with E-state index in [1.165, 1.54) is 6.42 Å². The summed E-state index contributed by atoms with van der Waals surface area (Å²) >= 11 is 0. The summed E-state index contributed by atoms with van der Waals surface area (Å²) in [6.45, 7) is 2.02. The normalized spacial score (nSPS) is 45.6. The predicted molar refractivity (Wildman–Crippen MR) is 62.9 cm³/mol. The van der Waals surface area contributed by atoms with Crippen molar-refractivity contribution < 1.29 is 8.78 Å². The van der Waals surface area contributed by atoms with E-state index in [4.69, 9.17) is 0 Å². The van der Waals surface area contributed by atoms with Gasteiger partial charge in [-0.05, 0) is 69.1 Å². The Morgan fingerprint density at radius 3 is 2.12 bits per heavy atom. The van der Waals surface area contributed by atoms with Crippen molar-refractivity contribution in [2.24, 2.45) is 17.8 Å². The first-order valence-electron chi connectivity index (χ1n) is 6.93. The first-order valence-corrected chi connectivity index (χ1v) is 6.93. The number of hydrogen-bond acceptors (Lipinski definition) is 0. The average molecular weight is 230 g/mol. The molecular weight excluding hydrogens is 206 g/mol. The molecule has 0 N–H and O–H groups in total. The molecule has 2 heteroatoms. The van der Waals surface area contributed by atoms with Gasteiger partial charge in [0.1, 0.15) is 12.3 Å². The lowest BCUT2D eigenvalue weighted by molar-refractivity contribution is 0.110. The van der Waals surface area contributed by atoms with Crippen LogP contribution in [0.1, 0.15) is 58.3 Å². The van der Waals surface area contributed by atoms with Crippen LogP contribution in [-0.2, 0) is 0 Å². The second-order valence-corrected chi connectivity index (χ2v) is 6.03. The Bertz CT molecular complexity index is 209. The maximum Gasteiger partial charge on any atom is 0.103 e. The van der Waals surface area contributed by atoms with Gasteiger partial charge in [-0.2, -0.15) is 0 Å². The van der Waals surface area contributed by atoms with Crippen molar-refractivity contribution >= 4 is 0 Å². The topological polar surface area (TPSA) is 0 Å². The number of halogens is 2. The van der Waals surface area contributed by atoms with Gasteiger partial charge in [-0.15, -0.1) is 0 Å². The van der Waals surface area contributed by atoms with Gasteiger partial charge in [-0.3, -0.25) is 0 Å². The largest absolute Gasteiger partial charge is 0.247 e. The molecule has 0 spiro atoms. The second kappa shape index (κ2) is 5.46. The smallest absolute Gasteiger partial charge is 0.103 e. The first-order chi connectivity index (χ1) is 7.65. The van der Waals surface area contributed by atoms with Crippen LogP contribution in [-0.4, -0.2) is 12.3 Å². The van der Waals surface area contributed by atoms with Crippen LogP contribution in [0.4, 0.5) is 8.78 Å². The van der Waals surface area contributed by atoms with E-state index in [-0.39, 0.29) is 5.92 Å². The highest BCUT2D eigenvalue weighted by Gasteiger charge is 2.30. The van der Waals surface area contributed by atoms with Crippen molar-refractivity contribution in [3.63, 3.8) is 0 Å². The molecule has 0 radical (unpaired) electrons. The van der Waals surface area contributed by atoms with Crippen molar-refractivity contribution in [1.82, 2.24) is 0 Å². The van der Waals surface area contributed by atoms with E-state index in [2.05, 4.69) is 0 Å². The third-order valence-corrected chi connectivity index (χ3v) is 4.65. The molecule has 3 atom stereocenters. The van der Waals surface area contributed by atoms with Crippen LogP contribution >= 0.6 is 0 Å². The van der Waals surface area contributed by atoms with Gasteiger partial charge in [0, 0.05) is 0 Å². The highest BCUT2D eigenvalue weighted by atomic mass is 19.1. The molecule has 0 aromatic heterocycles. The lowest BCUT2D eigenvalue weighted by Gasteiger charge is -2.33. The minimum absolute atomic E-state index is 0.262. The van der Waals surface area contributed by atoms with Crippen molar-refractivity contribution in [3.8, 4) is 0 Å². The predicted octanol–water partition coefficient (Wildman–Crippen LogP) is 4.68. The molecule has 2 aliphatic carbocycles. The Hall–Kier alpha value is -0.140. The Labute approximate surface area is 97.8 Å². The number of hydrogen-bond donors (Lipinski definition) is 0. The van der Waals surface area contributed by atoms with Crippen LogP contribution in [0.25, 0.3) is 0 Å². The van der Waals surface area contributed by atoms with E-state index in [1.807, 2.05) is 6.92 Å². The van der Waals surface area contributed by atoms with Crippen molar-refractivity contribution in [2.45, 2.75) is 70.6 Å². The van der Waals surface area contributed by atoms with Crippen LogP contribution < -0.4 is 0 Å². The van der Waals surface area contributed by atoms with Gasteiger partial charge < -0.3 is 0 Å². The highest BCUT2D eigenvalue weighted by molar-refractivity contribution is 4.81. The third-order valence-electron chi connectivity index (χ3n) is 4.65. The maximum absolute atomic E-state index is 13.6. The van der Waals surface area contributed by atoms with Crippen LogP contribution in [0.5, 0.6) is 0 Å². The molecule has 0 bridgehead atoms. The fourth-order valence-electron chi connectivity index (χ4n) is 3.39. The van der Waals surface area contributed by atoms with E-state index in [0.29, 0.717) is 11.8 Å². The summed E-state index contributed by atoms with van der Waals surface area (Å²) in [5.74, 6) is 1.52. The second-order valence-electron chi connectivity index (χ2n) is 6.03. The molecule has 2 aliphatic rings. The standard InChI is InChI=1S/C14H24F2/c1-10-2-3-12(9-14(10)16)8-11-4-6-13(15)7-5-11/h10-14H,2-9H2,1H3/t10-,11-,12?,13-,14-/m0/s1. The average Bonchev–Trinajstić information content (AvgIpc) is 2.27. The zero-order valence-electron chi connectivity index (χ0n) is 10.3. The molecule has 0 nitrogen and oxygen atoms in total. The summed E-state index contributed by atoms with van der Waals surface area (Å²) in [5, 5.41) is 0. The summed E-state index contributed by atoms with van der Waals surface area (Å²) in [7, 11) is 0. The Balaban J connectivity index is 1.73. The first kappa shape index (κ1) is 12.3. The van der Waals surface area contributed by atoms with E-state index in [1.54, 1.807) is 0 Å². The molecule has 2 fully saturated rings. The zero-order valence-corrected chi connectivity index (χ0v) is 10.3. The molecule has 0 aromatic carbocycles. The van der Waals surface area contributed by atoms with Crippen LogP contribution in [0.3, 0.4) is 0 Å². The molecule has 0 amide bonds. The van der Waals surface area contributed by atoms with Crippen LogP contribution in [0.2, 0.25) is 0 Å². The summed E-state index contributed by atoms with van der Waals surface area (Å²) in [5.41, 5.74) is 0. The molecule has 0 aliphatic heterocycles. The molecule has 0 heterocycles. The van der Waals surface area contributed by atoms with E-state index >= 15 is 0 Å². The van der Waals surface area contributed by atoms with Crippen LogP contribution in [0, 0.1) is 17.8 Å². The Morgan fingerprint density at radius 1 is 0.875 bits per heavy atom. The van der Waals surface area contributed by atoms with Gasteiger partial charge in [0.05, 0.1) is 0 Å². The molecule has 2 saturated carbocycles. The summed E-state index contributed by atoms with van der Waals surface area (Å²) in [4.78, 5) is 0. The highest BCUT2D eigenvalue weighted by Crippen LogP contribution is 2.38.